The molecule has 0 saturated carbocycles. The summed E-state index contributed by atoms with van der Waals surface area (Å²) in [6, 6.07) is 0. The van der Waals surface area contributed by atoms with Crippen LogP contribution in [0.1, 0.15) is 18.2 Å². The zero-order valence-corrected chi connectivity index (χ0v) is 7.88. The topological polar surface area (TPSA) is 63.1 Å². The molecule has 0 bridgehead atoms. The third-order valence-electron chi connectivity index (χ3n) is 1.60. The molecule has 4 nitrogen and oxygen atoms in total. The van der Waals surface area contributed by atoms with Crippen molar-refractivity contribution in [3.63, 3.8) is 0 Å². The van der Waals surface area contributed by atoms with E-state index >= 15 is 0 Å². The van der Waals surface area contributed by atoms with Crippen LogP contribution in [0.3, 0.4) is 0 Å². The van der Waals surface area contributed by atoms with E-state index in [1.165, 1.54) is 6.20 Å². The highest BCUT2D eigenvalue weighted by Crippen LogP contribution is 2.09. The molecule has 0 aliphatic carbocycles. The lowest BCUT2D eigenvalue weighted by Crippen LogP contribution is -2.06. The van der Waals surface area contributed by atoms with Gasteiger partial charge in [-0.3, -0.25) is 4.79 Å². The van der Waals surface area contributed by atoms with Crippen molar-refractivity contribution in [2.75, 3.05) is 0 Å². The monoisotopic (exact) mass is 200 g/mol. The van der Waals surface area contributed by atoms with Crippen molar-refractivity contribution in [3.05, 3.63) is 22.7 Å². The molecule has 0 unspecified atom stereocenters. The maximum absolute atomic E-state index is 10.4. The molecule has 0 spiro atoms. The van der Waals surface area contributed by atoms with Gasteiger partial charge >= 0.3 is 5.97 Å². The van der Waals surface area contributed by atoms with Gasteiger partial charge in [0.1, 0.15) is 0 Å². The van der Waals surface area contributed by atoms with Crippen molar-refractivity contribution in [3.8, 4) is 0 Å². The summed E-state index contributed by atoms with van der Waals surface area (Å²) >= 11 is 5.56. The molecule has 70 valence electrons. The Morgan fingerprint density at radius 2 is 2.38 bits per heavy atom. The molecule has 13 heavy (non-hydrogen) atoms. The van der Waals surface area contributed by atoms with Crippen molar-refractivity contribution in [2.24, 2.45) is 0 Å². The number of rotatable bonds is 3. The van der Waals surface area contributed by atoms with Gasteiger partial charge in [-0.2, -0.15) is 0 Å². The fourth-order valence-corrected chi connectivity index (χ4v) is 1.19. The Morgan fingerprint density at radius 3 is 2.92 bits per heavy atom. The molecule has 0 atom stereocenters. The lowest BCUT2D eigenvalue weighted by Gasteiger charge is -2.03. The highest BCUT2D eigenvalue weighted by atomic mass is 35.5. The second-order valence-electron chi connectivity index (χ2n) is 2.54. The number of aryl methyl sites for hydroxylation is 1. The molecular formula is C8H9ClN2O2. The van der Waals surface area contributed by atoms with Gasteiger partial charge in [-0.05, 0) is 18.0 Å². The van der Waals surface area contributed by atoms with Crippen LogP contribution in [-0.4, -0.2) is 21.0 Å². The van der Waals surface area contributed by atoms with Crippen molar-refractivity contribution in [1.29, 1.82) is 0 Å². The SMILES string of the molecule is CCc1nc(Cl)ncc1CC(=O)O. The molecular weight excluding hydrogens is 192 g/mol. The van der Waals surface area contributed by atoms with E-state index in [0.717, 1.165) is 0 Å². The third kappa shape index (κ3) is 2.66. The summed E-state index contributed by atoms with van der Waals surface area (Å²) in [7, 11) is 0. The number of nitrogens with zero attached hydrogens (tertiary/aromatic N) is 2. The number of aromatic nitrogens is 2. The van der Waals surface area contributed by atoms with Crippen molar-refractivity contribution >= 4 is 17.6 Å². The zero-order chi connectivity index (χ0) is 9.84. The minimum Gasteiger partial charge on any atom is -0.481 e. The van der Waals surface area contributed by atoms with Crippen LogP contribution in [-0.2, 0) is 17.6 Å². The number of hydrogen-bond donors (Lipinski definition) is 1. The molecule has 0 fully saturated rings. The van der Waals surface area contributed by atoms with Crippen molar-refractivity contribution in [2.45, 2.75) is 19.8 Å². The van der Waals surface area contributed by atoms with Gasteiger partial charge in [-0.25, -0.2) is 9.97 Å². The average Bonchev–Trinajstić information content (AvgIpc) is 2.07. The highest BCUT2D eigenvalue weighted by Gasteiger charge is 2.07. The Labute approximate surface area is 80.6 Å². The first-order valence-electron chi connectivity index (χ1n) is 3.85. The van der Waals surface area contributed by atoms with Crippen LogP contribution < -0.4 is 0 Å². The van der Waals surface area contributed by atoms with E-state index in [0.29, 0.717) is 17.7 Å². The maximum Gasteiger partial charge on any atom is 0.307 e. The van der Waals surface area contributed by atoms with Crippen LogP contribution in [0.25, 0.3) is 0 Å². The van der Waals surface area contributed by atoms with E-state index in [1.54, 1.807) is 0 Å². The largest absolute Gasteiger partial charge is 0.481 e. The van der Waals surface area contributed by atoms with E-state index in [1.807, 2.05) is 6.92 Å². The fourth-order valence-electron chi connectivity index (χ4n) is 1.03. The molecule has 0 radical (unpaired) electrons. The molecule has 1 N–H and O–H groups in total. The summed E-state index contributed by atoms with van der Waals surface area (Å²) in [6.45, 7) is 1.89. The normalized spacial score (nSPS) is 10.0. The molecule has 0 amide bonds. The quantitative estimate of drug-likeness (QED) is 0.748. The van der Waals surface area contributed by atoms with Crippen LogP contribution in [0.15, 0.2) is 6.20 Å². The van der Waals surface area contributed by atoms with Gasteiger partial charge < -0.3 is 5.11 Å². The summed E-state index contributed by atoms with van der Waals surface area (Å²) in [5.74, 6) is -0.888. The second kappa shape index (κ2) is 4.18. The van der Waals surface area contributed by atoms with Crippen LogP contribution in [0.2, 0.25) is 5.28 Å². The van der Waals surface area contributed by atoms with E-state index in [2.05, 4.69) is 9.97 Å². The number of aliphatic carboxylic acids is 1. The number of carboxylic acid groups (broad SMARTS) is 1. The highest BCUT2D eigenvalue weighted by molar-refractivity contribution is 6.28. The van der Waals surface area contributed by atoms with Gasteiger partial charge in [0.15, 0.2) is 0 Å². The second-order valence-corrected chi connectivity index (χ2v) is 2.87. The van der Waals surface area contributed by atoms with Gasteiger partial charge in [-0.1, -0.05) is 6.92 Å². The Morgan fingerprint density at radius 1 is 1.69 bits per heavy atom. The molecule has 0 aromatic carbocycles. The van der Waals surface area contributed by atoms with Crippen LogP contribution in [0.5, 0.6) is 0 Å². The molecule has 1 heterocycles. The summed E-state index contributed by atoms with van der Waals surface area (Å²) < 4.78 is 0. The molecule has 1 aromatic heterocycles. The van der Waals surface area contributed by atoms with Crippen LogP contribution >= 0.6 is 11.6 Å². The van der Waals surface area contributed by atoms with Crippen molar-refractivity contribution in [1.82, 2.24) is 9.97 Å². The molecule has 1 aromatic rings. The fraction of sp³-hybridized carbons (Fsp3) is 0.375. The van der Waals surface area contributed by atoms with Gasteiger partial charge in [0, 0.05) is 17.5 Å². The number of hydrogen-bond acceptors (Lipinski definition) is 3. The Balaban J connectivity index is 2.99. The summed E-state index contributed by atoms with van der Waals surface area (Å²) in [5, 5.41) is 8.73. The summed E-state index contributed by atoms with van der Waals surface area (Å²) in [5.41, 5.74) is 1.32. The lowest BCUT2D eigenvalue weighted by atomic mass is 10.1. The smallest absolute Gasteiger partial charge is 0.307 e. The summed E-state index contributed by atoms with van der Waals surface area (Å²) in [4.78, 5) is 18.1. The lowest BCUT2D eigenvalue weighted by molar-refractivity contribution is -0.136. The molecule has 1 rings (SSSR count). The number of halogens is 1. The van der Waals surface area contributed by atoms with E-state index in [9.17, 15) is 4.79 Å². The van der Waals surface area contributed by atoms with E-state index in [4.69, 9.17) is 16.7 Å². The van der Waals surface area contributed by atoms with Crippen LogP contribution in [0.4, 0.5) is 0 Å². The molecule has 0 aliphatic rings. The number of carbonyl (C=O) groups is 1. The minimum atomic E-state index is -0.888. The van der Waals surface area contributed by atoms with Gasteiger partial charge in [0.05, 0.1) is 6.42 Å². The van der Waals surface area contributed by atoms with E-state index in [-0.39, 0.29) is 11.7 Å². The maximum atomic E-state index is 10.4. The first-order valence-corrected chi connectivity index (χ1v) is 4.23. The van der Waals surface area contributed by atoms with Gasteiger partial charge in [-0.15, -0.1) is 0 Å². The van der Waals surface area contributed by atoms with Crippen molar-refractivity contribution < 1.29 is 9.90 Å². The first-order chi connectivity index (χ1) is 6.13. The molecule has 0 saturated heterocycles. The third-order valence-corrected chi connectivity index (χ3v) is 1.78. The Hall–Kier alpha value is -1.16. The predicted molar refractivity (Wildman–Crippen MR) is 47.8 cm³/mol. The summed E-state index contributed by atoms with van der Waals surface area (Å²) in [6.07, 6.45) is 2.06. The first kappa shape index (κ1) is 9.92. The molecule has 0 aliphatic heterocycles. The van der Waals surface area contributed by atoms with Crippen LogP contribution in [0, 0.1) is 0 Å². The molecule has 5 heteroatoms. The van der Waals surface area contributed by atoms with Gasteiger partial charge in [0.2, 0.25) is 5.28 Å². The average molecular weight is 201 g/mol. The standard InChI is InChI=1S/C8H9ClN2O2/c1-2-6-5(3-7(12)13)4-10-8(9)11-6/h4H,2-3H2,1H3,(H,12,13). The van der Waals surface area contributed by atoms with E-state index < -0.39 is 5.97 Å². The zero-order valence-electron chi connectivity index (χ0n) is 7.12. The number of carboxylic acids is 1. The Kier molecular flexibility index (Phi) is 3.19. The Bertz CT molecular complexity index is 328. The predicted octanol–water partition coefficient (Wildman–Crippen LogP) is 1.32. The minimum absolute atomic E-state index is 0.0552. The van der Waals surface area contributed by atoms with Gasteiger partial charge in [0.25, 0.3) is 0 Å².